The summed E-state index contributed by atoms with van der Waals surface area (Å²) in [7, 11) is 1.96. The summed E-state index contributed by atoms with van der Waals surface area (Å²) < 4.78 is 5.88. The molecule has 0 aliphatic rings. The molecule has 0 aliphatic heterocycles. The van der Waals surface area contributed by atoms with Crippen LogP contribution in [0, 0.1) is 6.92 Å². The van der Waals surface area contributed by atoms with E-state index in [9.17, 15) is 0 Å². The maximum absolute atomic E-state index is 5.88. The molecule has 2 aromatic rings. The molecule has 0 fully saturated rings. The summed E-state index contributed by atoms with van der Waals surface area (Å²) in [5, 5.41) is 3.24. The van der Waals surface area contributed by atoms with Gasteiger partial charge < -0.3 is 10.1 Å². The second-order valence-corrected chi connectivity index (χ2v) is 4.80. The third-order valence-electron chi connectivity index (χ3n) is 3.45. The normalized spacial score (nSPS) is 12.2. The molecule has 0 saturated heterocycles. The SMILES string of the molecule is CNC(C)c1cccc(OCc2ccccc2C)c1. The Labute approximate surface area is 115 Å². The Bertz CT molecular complexity index is 536. The van der Waals surface area contributed by atoms with E-state index in [-0.39, 0.29) is 0 Å². The minimum atomic E-state index is 0.335. The Kier molecular flexibility index (Phi) is 4.58. The highest BCUT2D eigenvalue weighted by molar-refractivity contribution is 5.31. The van der Waals surface area contributed by atoms with Crippen molar-refractivity contribution in [3.05, 3.63) is 65.2 Å². The molecule has 2 heteroatoms. The third-order valence-corrected chi connectivity index (χ3v) is 3.45. The predicted octanol–water partition coefficient (Wildman–Crippen LogP) is 3.85. The van der Waals surface area contributed by atoms with Gasteiger partial charge in [0, 0.05) is 6.04 Å². The first-order valence-corrected chi connectivity index (χ1v) is 6.65. The third kappa shape index (κ3) is 3.58. The van der Waals surface area contributed by atoms with Gasteiger partial charge in [0.2, 0.25) is 0 Å². The standard InChI is InChI=1S/C17H21NO/c1-13-7-4-5-8-16(13)12-19-17-10-6-9-15(11-17)14(2)18-3/h4-11,14,18H,12H2,1-3H3. The molecule has 1 unspecified atom stereocenters. The first-order valence-electron chi connectivity index (χ1n) is 6.65. The molecule has 0 amide bonds. The fourth-order valence-electron chi connectivity index (χ4n) is 1.97. The molecule has 2 aromatic carbocycles. The van der Waals surface area contributed by atoms with E-state index < -0.39 is 0 Å². The molecule has 19 heavy (non-hydrogen) atoms. The molecule has 0 bridgehead atoms. The van der Waals surface area contributed by atoms with Gasteiger partial charge in [0.25, 0.3) is 0 Å². The number of ether oxygens (including phenoxy) is 1. The van der Waals surface area contributed by atoms with Crippen LogP contribution in [0.4, 0.5) is 0 Å². The van der Waals surface area contributed by atoms with E-state index in [4.69, 9.17) is 4.74 Å². The molecule has 0 saturated carbocycles. The molecule has 0 heterocycles. The summed E-state index contributed by atoms with van der Waals surface area (Å²) in [6.45, 7) is 4.86. The van der Waals surface area contributed by atoms with E-state index in [2.05, 4.69) is 43.4 Å². The summed E-state index contributed by atoms with van der Waals surface area (Å²) in [6, 6.07) is 16.9. The van der Waals surface area contributed by atoms with Gasteiger partial charge in [-0.1, -0.05) is 36.4 Å². The molecule has 0 aromatic heterocycles. The number of rotatable bonds is 5. The molecule has 0 aliphatic carbocycles. The zero-order valence-corrected chi connectivity index (χ0v) is 11.8. The molecular formula is C17H21NO. The van der Waals surface area contributed by atoms with Crippen LogP contribution in [0.15, 0.2) is 48.5 Å². The van der Waals surface area contributed by atoms with Crippen LogP contribution < -0.4 is 10.1 Å². The molecule has 2 nitrogen and oxygen atoms in total. The maximum Gasteiger partial charge on any atom is 0.120 e. The van der Waals surface area contributed by atoms with Gasteiger partial charge in [-0.05, 0) is 49.7 Å². The molecular weight excluding hydrogens is 234 g/mol. The van der Waals surface area contributed by atoms with E-state index >= 15 is 0 Å². The van der Waals surface area contributed by atoms with Crippen molar-refractivity contribution in [3.63, 3.8) is 0 Å². The van der Waals surface area contributed by atoms with Crippen LogP contribution >= 0.6 is 0 Å². The maximum atomic E-state index is 5.88. The van der Waals surface area contributed by atoms with Gasteiger partial charge in [0.05, 0.1) is 0 Å². The summed E-state index contributed by atoms with van der Waals surface area (Å²) >= 11 is 0. The Hall–Kier alpha value is -1.80. The van der Waals surface area contributed by atoms with Crippen LogP contribution in [0.5, 0.6) is 5.75 Å². The van der Waals surface area contributed by atoms with Crippen LogP contribution in [-0.2, 0) is 6.61 Å². The zero-order valence-electron chi connectivity index (χ0n) is 11.8. The molecule has 0 radical (unpaired) electrons. The molecule has 1 atom stereocenters. The van der Waals surface area contributed by atoms with Crippen LogP contribution in [0.2, 0.25) is 0 Å². The van der Waals surface area contributed by atoms with Gasteiger partial charge in [0.15, 0.2) is 0 Å². The zero-order chi connectivity index (χ0) is 13.7. The van der Waals surface area contributed by atoms with Crippen molar-refractivity contribution in [2.75, 3.05) is 7.05 Å². The lowest BCUT2D eigenvalue weighted by atomic mass is 10.1. The number of hydrogen-bond donors (Lipinski definition) is 1. The Morgan fingerprint density at radius 1 is 1.11 bits per heavy atom. The van der Waals surface area contributed by atoms with Crippen molar-refractivity contribution in [2.24, 2.45) is 0 Å². The van der Waals surface area contributed by atoms with Crippen LogP contribution in [0.1, 0.15) is 29.7 Å². The van der Waals surface area contributed by atoms with Gasteiger partial charge in [-0.15, -0.1) is 0 Å². The summed E-state index contributed by atoms with van der Waals surface area (Å²) in [5.74, 6) is 0.919. The molecule has 0 spiro atoms. The van der Waals surface area contributed by atoms with Gasteiger partial charge >= 0.3 is 0 Å². The quantitative estimate of drug-likeness (QED) is 0.876. The average molecular weight is 255 g/mol. The number of aryl methyl sites for hydroxylation is 1. The fourth-order valence-corrected chi connectivity index (χ4v) is 1.97. The van der Waals surface area contributed by atoms with E-state index in [1.807, 2.05) is 31.3 Å². The smallest absolute Gasteiger partial charge is 0.120 e. The monoisotopic (exact) mass is 255 g/mol. The first-order chi connectivity index (χ1) is 9.20. The fraction of sp³-hybridized carbons (Fsp3) is 0.294. The second-order valence-electron chi connectivity index (χ2n) is 4.80. The van der Waals surface area contributed by atoms with Gasteiger partial charge in [-0.2, -0.15) is 0 Å². The van der Waals surface area contributed by atoms with Gasteiger partial charge in [-0.25, -0.2) is 0 Å². The van der Waals surface area contributed by atoms with Crippen molar-refractivity contribution in [1.29, 1.82) is 0 Å². The highest BCUT2D eigenvalue weighted by atomic mass is 16.5. The lowest BCUT2D eigenvalue weighted by molar-refractivity contribution is 0.305. The minimum absolute atomic E-state index is 0.335. The lowest BCUT2D eigenvalue weighted by Gasteiger charge is -2.13. The van der Waals surface area contributed by atoms with E-state index in [0.717, 1.165) is 5.75 Å². The van der Waals surface area contributed by atoms with Gasteiger partial charge in [0.1, 0.15) is 12.4 Å². The topological polar surface area (TPSA) is 21.3 Å². The molecule has 2 rings (SSSR count). The van der Waals surface area contributed by atoms with Crippen LogP contribution in [0.3, 0.4) is 0 Å². The number of benzene rings is 2. The minimum Gasteiger partial charge on any atom is -0.489 e. The highest BCUT2D eigenvalue weighted by Gasteiger charge is 2.04. The van der Waals surface area contributed by atoms with Crippen molar-refractivity contribution < 1.29 is 4.74 Å². The predicted molar refractivity (Wildman–Crippen MR) is 79.4 cm³/mol. The first kappa shape index (κ1) is 13.6. The Morgan fingerprint density at radius 3 is 2.63 bits per heavy atom. The van der Waals surface area contributed by atoms with E-state index in [1.165, 1.54) is 16.7 Å². The molecule has 100 valence electrons. The van der Waals surface area contributed by atoms with E-state index in [0.29, 0.717) is 12.6 Å². The highest BCUT2D eigenvalue weighted by Crippen LogP contribution is 2.20. The Morgan fingerprint density at radius 2 is 1.89 bits per heavy atom. The van der Waals surface area contributed by atoms with Crippen molar-refractivity contribution in [2.45, 2.75) is 26.5 Å². The van der Waals surface area contributed by atoms with Crippen molar-refractivity contribution in [1.82, 2.24) is 5.32 Å². The lowest BCUT2D eigenvalue weighted by Crippen LogP contribution is -2.12. The number of hydrogen-bond acceptors (Lipinski definition) is 2. The van der Waals surface area contributed by atoms with E-state index in [1.54, 1.807) is 0 Å². The van der Waals surface area contributed by atoms with Crippen molar-refractivity contribution in [3.8, 4) is 5.75 Å². The summed E-state index contributed by atoms with van der Waals surface area (Å²) in [5.41, 5.74) is 3.74. The average Bonchev–Trinajstić information content (AvgIpc) is 2.46. The van der Waals surface area contributed by atoms with Crippen molar-refractivity contribution >= 4 is 0 Å². The molecule has 1 N–H and O–H groups in total. The second kappa shape index (κ2) is 6.39. The Balaban J connectivity index is 2.06. The summed E-state index contributed by atoms with van der Waals surface area (Å²) in [6.07, 6.45) is 0. The van der Waals surface area contributed by atoms with Crippen LogP contribution in [0.25, 0.3) is 0 Å². The van der Waals surface area contributed by atoms with Gasteiger partial charge in [-0.3, -0.25) is 0 Å². The summed E-state index contributed by atoms with van der Waals surface area (Å²) in [4.78, 5) is 0. The number of nitrogens with one attached hydrogen (secondary N) is 1. The van der Waals surface area contributed by atoms with Crippen LogP contribution in [-0.4, -0.2) is 7.05 Å². The largest absolute Gasteiger partial charge is 0.489 e.